The molecule has 0 atom stereocenters. The fourth-order valence-electron chi connectivity index (χ4n) is 1.42. The van der Waals surface area contributed by atoms with E-state index in [4.69, 9.17) is 4.74 Å². The van der Waals surface area contributed by atoms with Gasteiger partial charge in [-0.25, -0.2) is 0 Å². The zero-order valence-corrected chi connectivity index (χ0v) is 10.3. The third-order valence-electron chi connectivity index (χ3n) is 2.34. The molecule has 0 bridgehead atoms. The van der Waals surface area contributed by atoms with E-state index in [1.165, 1.54) is 10.5 Å². The molecule has 82 valence electrons. The van der Waals surface area contributed by atoms with E-state index in [-0.39, 0.29) is 0 Å². The highest BCUT2D eigenvalue weighted by atomic mass is 32.2. The van der Waals surface area contributed by atoms with Crippen molar-refractivity contribution in [3.05, 3.63) is 41.3 Å². The van der Waals surface area contributed by atoms with Gasteiger partial charge in [-0.15, -0.1) is 11.8 Å². The number of benzene rings is 1. The van der Waals surface area contributed by atoms with Crippen molar-refractivity contribution in [2.45, 2.75) is 19.3 Å². The van der Waals surface area contributed by atoms with Gasteiger partial charge in [0.25, 0.3) is 0 Å². The molecule has 0 saturated heterocycles. The summed E-state index contributed by atoms with van der Waals surface area (Å²) < 4.78 is 5.18. The van der Waals surface area contributed by atoms with Crippen LogP contribution in [0, 0.1) is 0 Å². The molecule has 0 aliphatic heterocycles. The summed E-state index contributed by atoms with van der Waals surface area (Å²) in [5, 5.41) is 0. The number of allylic oxidation sites excluding steroid dienone is 1. The molecule has 0 radical (unpaired) electrons. The summed E-state index contributed by atoms with van der Waals surface area (Å²) in [5.41, 5.74) is 1.34. The van der Waals surface area contributed by atoms with E-state index in [1.807, 2.05) is 12.1 Å². The molecule has 1 nitrogen and oxygen atoms in total. The maximum atomic E-state index is 5.18. The molecule has 0 N–H and O–H groups in total. The van der Waals surface area contributed by atoms with Crippen LogP contribution in [0.15, 0.2) is 35.7 Å². The number of ether oxygens (including phenoxy) is 1. The fraction of sp³-hybridized carbons (Fsp3) is 0.385. The lowest BCUT2D eigenvalue weighted by molar-refractivity contribution is 0.414. The highest BCUT2D eigenvalue weighted by molar-refractivity contribution is 8.02. The summed E-state index contributed by atoms with van der Waals surface area (Å²) in [6.07, 6.45) is 5.43. The molecule has 1 aromatic rings. The molecular weight excluding hydrogens is 204 g/mol. The largest absolute Gasteiger partial charge is 0.497 e. The first-order valence-corrected chi connectivity index (χ1v) is 6.33. The number of thioether (sulfide) groups is 1. The Kier molecular flexibility index (Phi) is 5.33. The monoisotopic (exact) mass is 222 g/mol. The number of hydrogen-bond donors (Lipinski definition) is 0. The van der Waals surface area contributed by atoms with Crippen LogP contribution < -0.4 is 4.74 Å². The lowest BCUT2D eigenvalue weighted by Crippen LogP contribution is -1.88. The van der Waals surface area contributed by atoms with Crippen molar-refractivity contribution in [1.29, 1.82) is 0 Å². The normalized spacial score (nSPS) is 10.0. The summed E-state index contributed by atoms with van der Waals surface area (Å²) in [5.74, 6) is 0.941. The van der Waals surface area contributed by atoms with Crippen LogP contribution in [0.25, 0.3) is 0 Å². The van der Waals surface area contributed by atoms with Crippen molar-refractivity contribution in [3.63, 3.8) is 0 Å². The molecule has 0 aliphatic carbocycles. The average molecular weight is 222 g/mol. The van der Waals surface area contributed by atoms with Gasteiger partial charge in [-0.2, -0.15) is 0 Å². The van der Waals surface area contributed by atoms with Gasteiger partial charge in [-0.3, -0.25) is 0 Å². The minimum Gasteiger partial charge on any atom is -0.497 e. The number of aryl methyl sites for hydroxylation is 1. The van der Waals surface area contributed by atoms with Crippen LogP contribution in [-0.2, 0) is 6.42 Å². The second-order valence-electron chi connectivity index (χ2n) is 3.45. The van der Waals surface area contributed by atoms with Gasteiger partial charge < -0.3 is 4.74 Å². The van der Waals surface area contributed by atoms with Crippen molar-refractivity contribution in [1.82, 2.24) is 0 Å². The zero-order chi connectivity index (χ0) is 11.1. The van der Waals surface area contributed by atoms with Crippen LogP contribution in [0.5, 0.6) is 5.75 Å². The molecular formula is C13H18OS. The third-order valence-corrected chi connectivity index (χ3v) is 3.13. The molecule has 0 heterocycles. The summed E-state index contributed by atoms with van der Waals surface area (Å²) in [6.45, 7) is 3.98. The maximum Gasteiger partial charge on any atom is 0.119 e. The van der Waals surface area contributed by atoms with Crippen LogP contribution >= 0.6 is 11.8 Å². The van der Waals surface area contributed by atoms with E-state index < -0.39 is 0 Å². The van der Waals surface area contributed by atoms with E-state index in [0.29, 0.717) is 0 Å². The molecule has 2 heteroatoms. The Labute approximate surface area is 96.5 Å². The summed E-state index contributed by atoms with van der Waals surface area (Å²) in [6, 6.07) is 8.26. The molecule has 0 aromatic heterocycles. The Morgan fingerprint density at radius 2 is 2.27 bits per heavy atom. The highest BCUT2D eigenvalue weighted by Gasteiger charge is 1.97. The Hall–Kier alpha value is -0.890. The van der Waals surface area contributed by atoms with Gasteiger partial charge in [0.2, 0.25) is 0 Å². The predicted octanol–water partition coefficient (Wildman–Crippen LogP) is 3.89. The quantitative estimate of drug-likeness (QED) is 0.722. The topological polar surface area (TPSA) is 9.23 Å². The van der Waals surface area contributed by atoms with Gasteiger partial charge >= 0.3 is 0 Å². The van der Waals surface area contributed by atoms with E-state index in [0.717, 1.165) is 25.0 Å². The summed E-state index contributed by atoms with van der Waals surface area (Å²) in [7, 11) is 1.70. The van der Waals surface area contributed by atoms with E-state index in [2.05, 4.69) is 25.0 Å². The first-order valence-electron chi connectivity index (χ1n) is 5.11. The minimum atomic E-state index is 0.941. The van der Waals surface area contributed by atoms with Gasteiger partial charge in [0, 0.05) is 0 Å². The van der Waals surface area contributed by atoms with E-state index >= 15 is 0 Å². The molecule has 1 rings (SSSR count). The Morgan fingerprint density at radius 1 is 1.47 bits per heavy atom. The molecule has 0 amide bonds. The Bertz CT molecular complexity index is 320. The van der Waals surface area contributed by atoms with Crippen molar-refractivity contribution in [3.8, 4) is 5.75 Å². The molecule has 15 heavy (non-hydrogen) atoms. The van der Waals surface area contributed by atoms with Gasteiger partial charge in [0.15, 0.2) is 0 Å². The van der Waals surface area contributed by atoms with E-state index in [9.17, 15) is 0 Å². The summed E-state index contributed by atoms with van der Waals surface area (Å²) in [4.78, 5) is 1.26. The number of methoxy groups -OCH3 is 1. The second kappa shape index (κ2) is 6.57. The molecule has 1 aromatic carbocycles. The minimum absolute atomic E-state index is 0.941. The average Bonchev–Trinajstić information content (AvgIpc) is 2.29. The van der Waals surface area contributed by atoms with E-state index in [1.54, 1.807) is 18.9 Å². The Morgan fingerprint density at radius 3 is 2.93 bits per heavy atom. The number of hydrogen-bond acceptors (Lipinski definition) is 2. The van der Waals surface area contributed by atoms with Crippen LogP contribution in [-0.4, -0.2) is 13.4 Å². The standard InChI is InChI=1S/C13H18OS/c1-11(15-3)6-4-7-12-8-5-9-13(10-12)14-2/h5,8-10H,1,4,6-7H2,2-3H3. The number of rotatable bonds is 6. The van der Waals surface area contributed by atoms with Gasteiger partial charge in [0.1, 0.15) is 5.75 Å². The van der Waals surface area contributed by atoms with Gasteiger partial charge in [-0.1, -0.05) is 18.7 Å². The SMILES string of the molecule is C=C(CCCc1cccc(OC)c1)SC. The third kappa shape index (κ3) is 4.43. The smallest absolute Gasteiger partial charge is 0.119 e. The second-order valence-corrected chi connectivity index (χ2v) is 4.43. The lowest BCUT2D eigenvalue weighted by Gasteiger charge is -2.05. The zero-order valence-electron chi connectivity index (χ0n) is 9.45. The van der Waals surface area contributed by atoms with Gasteiger partial charge in [0.05, 0.1) is 7.11 Å². The molecule has 0 saturated carbocycles. The molecule has 0 unspecified atom stereocenters. The molecule has 0 fully saturated rings. The fourth-order valence-corrected chi connectivity index (χ4v) is 1.77. The van der Waals surface area contributed by atoms with Crippen LogP contribution in [0.1, 0.15) is 18.4 Å². The highest BCUT2D eigenvalue weighted by Crippen LogP contribution is 2.18. The molecule has 0 spiro atoms. The van der Waals surface area contributed by atoms with Crippen molar-refractivity contribution >= 4 is 11.8 Å². The van der Waals surface area contributed by atoms with Crippen molar-refractivity contribution in [2.24, 2.45) is 0 Å². The van der Waals surface area contributed by atoms with Gasteiger partial charge in [-0.05, 0) is 48.1 Å². The maximum absolute atomic E-state index is 5.18. The first kappa shape index (κ1) is 12.2. The van der Waals surface area contributed by atoms with Crippen LogP contribution in [0.2, 0.25) is 0 Å². The van der Waals surface area contributed by atoms with Crippen LogP contribution in [0.3, 0.4) is 0 Å². The first-order chi connectivity index (χ1) is 7.26. The Balaban J connectivity index is 2.40. The van der Waals surface area contributed by atoms with Crippen molar-refractivity contribution < 1.29 is 4.74 Å². The van der Waals surface area contributed by atoms with Crippen molar-refractivity contribution in [2.75, 3.05) is 13.4 Å². The lowest BCUT2D eigenvalue weighted by atomic mass is 10.1. The molecule has 0 aliphatic rings. The van der Waals surface area contributed by atoms with Crippen LogP contribution in [0.4, 0.5) is 0 Å². The summed E-state index contributed by atoms with van der Waals surface area (Å²) >= 11 is 1.75. The predicted molar refractivity (Wildman–Crippen MR) is 68.6 cm³/mol.